The lowest BCUT2D eigenvalue weighted by atomic mass is 9.97. The maximum absolute atomic E-state index is 12.8. The van der Waals surface area contributed by atoms with Gasteiger partial charge in [0.05, 0.1) is 20.6 Å². The van der Waals surface area contributed by atoms with Crippen molar-refractivity contribution >= 4 is 28.8 Å². The molecule has 1 fully saturated rings. The molecule has 2 aromatic carbocycles. The zero-order valence-electron chi connectivity index (χ0n) is 19.5. The van der Waals surface area contributed by atoms with Crippen molar-refractivity contribution in [1.82, 2.24) is 15.1 Å². The van der Waals surface area contributed by atoms with Crippen LogP contribution in [0.2, 0.25) is 0 Å². The van der Waals surface area contributed by atoms with Crippen LogP contribution in [0, 0.1) is 6.92 Å². The maximum Gasteiger partial charge on any atom is 0.286 e. The third-order valence-electron chi connectivity index (χ3n) is 6.03. The lowest BCUT2D eigenvalue weighted by Gasteiger charge is -2.31. The predicted octanol–water partition coefficient (Wildman–Crippen LogP) is 4.06. The molecule has 4 rings (SSSR count). The summed E-state index contributed by atoms with van der Waals surface area (Å²) in [7, 11) is 3.17. The largest absolute Gasteiger partial charge is 0.493 e. The summed E-state index contributed by atoms with van der Waals surface area (Å²) in [5.41, 5.74) is 2.65. The highest BCUT2D eigenvalue weighted by molar-refractivity contribution is 7.13. The zero-order chi connectivity index (χ0) is 24.1. The second-order valence-corrected chi connectivity index (χ2v) is 9.24. The number of amides is 2. The van der Waals surface area contributed by atoms with Crippen LogP contribution in [-0.4, -0.2) is 54.2 Å². The van der Waals surface area contributed by atoms with Gasteiger partial charge in [-0.1, -0.05) is 35.6 Å². The van der Waals surface area contributed by atoms with E-state index in [1.807, 2.05) is 54.3 Å². The van der Waals surface area contributed by atoms with Gasteiger partial charge < -0.3 is 19.7 Å². The highest BCUT2D eigenvalue weighted by Gasteiger charge is 2.27. The molecule has 9 heteroatoms. The van der Waals surface area contributed by atoms with Crippen molar-refractivity contribution in [2.24, 2.45) is 0 Å². The molecule has 2 heterocycles. The van der Waals surface area contributed by atoms with Gasteiger partial charge in [0, 0.05) is 24.7 Å². The number of carbonyl (C=O) groups is 2. The van der Waals surface area contributed by atoms with E-state index in [4.69, 9.17) is 9.47 Å². The molecule has 1 aliphatic rings. The van der Waals surface area contributed by atoms with E-state index in [-0.39, 0.29) is 17.7 Å². The molecular formula is C25H28N4O4S. The number of aryl methyl sites for hydroxylation is 1. The number of piperidine rings is 1. The van der Waals surface area contributed by atoms with Gasteiger partial charge in [0.1, 0.15) is 5.01 Å². The smallest absolute Gasteiger partial charge is 0.286 e. The Hall–Kier alpha value is -3.46. The molecule has 0 aliphatic carbocycles. The van der Waals surface area contributed by atoms with Crippen LogP contribution in [0.5, 0.6) is 11.5 Å². The number of nitrogens with one attached hydrogen (secondary N) is 1. The quantitative estimate of drug-likeness (QED) is 0.548. The number of nitrogens with zero attached hydrogens (tertiary/aromatic N) is 3. The first-order valence-corrected chi connectivity index (χ1v) is 12.0. The van der Waals surface area contributed by atoms with Crippen LogP contribution >= 0.6 is 11.3 Å². The van der Waals surface area contributed by atoms with Crippen LogP contribution < -0.4 is 14.8 Å². The van der Waals surface area contributed by atoms with Gasteiger partial charge in [-0.15, -0.1) is 10.2 Å². The molecule has 0 saturated carbocycles. The summed E-state index contributed by atoms with van der Waals surface area (Å²) < 4.78 is 10.6. The minimum atomic E-state index is -0.249. The summed E-state index contributed by atoms with van der Waals surface area (Å²) in [6, 6.07) is 13.2. The third kappa shape index (κ3) is 5.36. The number of benzene rings is 2. The van der Waals surface area contributed by atoms with Crippen molar-refractivity contribution in [3.8, 4) is 11.5 Å². The van der Waals surface area contributed by atoms with Gasteiger partial charge in [-0.3, -0.25) is 9.59 Å². The minimum absolute atomic E-state index is 0.0845. The molecule has 0 bridgehead atoms. The summed E-state index contributed by atoms with van der Waals surface area (Å²) >= 11 is 1.33. The standard InChI is InChI=1S/C25H28N4O4S/c1-16-6-4-5-7-19(16)26-23(31)25-28-27-24(34-25)18-10-12-29(13-11-18)22(30)15-17-8-9-20(32-2)21(14-17)33-3/h4-9,14,18H,10-13,15H2,1-3H3,(H,26,31). The van der Waals surface area contributed by atoms with Gasteiger partial charge in [-0.2, -0.15) is 0 Å². The van der Waals surface area contributed by atoms with E-state index in [1.54, 1.807) is 14.2 Å². The molecule has 1 saturated heterocycles. The number of anilines is 1. The summed E-state index contributed by atoms with van der Waals surface area (Å²) in [5, 5.41) is 12.5. The summed E-state index contributed by atoms with van der Waals surface area (Å²) in [6.07, 6.45) is 1.91. The van der Waals surface area contributed by atoms with Crippen LogP contribution in [0.25, 0.3) is 0 Å². The van der Waals surface area contributed by atoms with E-state index in [2.05, 4.69) is 15.5 Å². The zero-order valence-corrected chi connectivity index (χ0v) is 20.4. The molecule has 1 aromatic heterocycles. The van der Waals surface area contributed by atoms with Gasteiger partial charge in [0.2, 0.25) is 10.9 Å². The molecule has 8 nitrogen and oxygen atoms in total. The molecule has 1 N–H and O–H groups in total. The van der Waals surface area contributed by atoms with Crippen molar-refractivity contribution < 1.29 is 19.1 Å². The second-order valence-electron chi connectivity index (χ2n) is 8.24. The van der Waals surface area contributed by atoms with Crippen molar-refractivity contribution in [3.63, 3.8) is 0 Å². The summed E-state index contributed by atoms with van der Waals surface area (Å²) in [6.45, 7) is 3.25. The van der Waals surface area contributed by atoms with Crippen molar-refractivity contribution in [2.45, 2.75) is 32.1 Å². The highest BCUT2D eigenvalue weighted by atomic mass is 32.1. The van der Waals surface area contributed by atoms with Crippen molar-refractivity contribution in [3.05, 3.63) is 63.6 Å². The fourth-order valence-electron chi connectivity index (χ4n) is 4.03. The number of para-hydroxylation sites is 1. The Morgan fingerprint density at radius 1 is 1.06 bits per heavy atom. The molecule has 0 atom stereocenters. The molecule has 34 heavy (non-hydrogen) atoms. The minimum Gasteiger partial charge on any atom is -0.493 e. The Labute approximate surface area is 202 Å². The van der Waals surface area contributed by atoms with E-state index < -0.39 is 0 Å². The van der Waals surface area contributed by atoms with Crippen LogP contribution in [-0.2, 0) is 11.2 Å². The van der Waals surface area contributed by atoms with E-state index in [0.29, 0.717) is 36.0 Å². The van der Waals surface area contributed by atoms with Crippen molar-refractivity contribution in [2.75, 3.05) is 32.6 Å². The highest BCUT2D eigenvalue weighted by Crippen LogP contribution is 2.31. The first kappa shape index (κ1) is 23.7. The number of hydrogen-bond acceptors (Lipinski definition) is 7. The first-order chi connectivity index (χ1) is 16.5. The third-order valence-corrected chi connectivity index (χ3v) is 7.11. The molecular weight excluding hydrogens is 452 g/mol. The SMILES string of the molecule is COc1ccc(CC(=O)N2CCC(c3nnc(C(=O)Nc4ccccc4C)s3)CC2)cc1OC. The van der Waals surface area contributed by atoms with E-state index in [0.717, 1.165) is 34.7 Å². The number of hydrogen-bond donors (Lipinski definition) is 1. The molecule has 0 radical (unpaired) electrons. The fraction of sp³-hybridized carbons (Fsp3) is 0.360. The number of likely N-dealkylation sites (tertiary alicyclic amines) is 1. The maximum atomic E-state index is 12.8. The summed E-state index contributed by atoms with van der Waals surface area (Å²) in [5.74, 6) is 1.29. The Kier molecular flexibility index (Phi) is 7.42. The first-order valence-electron chi connectivity index (χ1n) is 11.2. The van der Waals surface area contributed by atoms with Crippen LogP contribution in [0.1, 0.15) is 44.7 Å². The number of carbonyl (C=O) groups excluding carboxylic acids is 2. The molecule has 178 valence electrons. The lowest BCUT2D eigenvalue weighted by molar-refractivity contribution is -0.131. The topological polar surface area (TPSA) is 93.7 Å². The predicted molar refractivity (Wildman–Crippen MR) is 131 cm³/mol. The van der Waals surface area contributed by atoms with Gasteiger partial charge in [-0.05, 0) is 49.1 Å². The van der Waals surface area contributed by atoms with Gasteiger partial charge in [-0.25, -0.2) is 0 Å². The molecule has 3 aromatic rings. The van der Waals surface area contributed by atoms with Gasteiger partial charge in [0.25, 0.3) is 5.91 Å². The van der Waals surface area contributed by atoms with Crippen LogP contribution in [0.3, 0.4) is 0 Å². The molecule has 2 amide bonds. The Morgan fingerprint density at radius 2 is 1.79 bits per heavy atom. The number of ether oxygens (including phenoxy) is 2. The fourth-order valence-corrected chi connectivity index (χ4v) is 4.94. The Bertz CT molecular complexity index is 1170. The van der Waals surface area contributed by atoms with E-state index in [1.165, 1.54) is 11.3 Å². The van der Waals surface area contributed by atoms with E-state index in [9.17, 15) is 9.59 Å². The number of aromatic nitrogens is 2. The molecule has 0 unspecified atom stereocenters. The van der Waals surface area contributed by atoms with Gasteiger partial charge in [0.15, 0.2) is 11.5 Å². The average Bonchev–Trinajstić information content (AvgIpc) is 3.36. The second kappa shape index (κ2) is 10.6. The van der Waals surface area contributed by atoms with E-state index >= 15 is 0 Å². The molecule has 0 spiro atoms. The lowest BCUT2D eigenvalue weighted by Crippen LogP contribution is -2.38. The Balaban J connectivity index is 1.32. The molecule has 1 aliphatic heterocycles. The van der Waals surface area contributed by atoms with Crippen molar-refractivity contribution in [1.29, 1.82) is 0 Å². The number of rotatable bonds is 7. The van der Waals surface area contributed by atoms with Crippen LogP contribution in [0.4, 0.5) is 5.69 Å². The van der Waals surface area contributed by atoms with Crippen LogP contribution in [0.15, 0.2) is 42.5 Å². The monoisotopic (exact) mass is 480 g/mol. The average molecular weight is 481 g/mol. The van der Waals surface area contributed by atoms with Gasteiger partial charge >= 0.3 is 0 Å². The normalized spacial score (nSPS) is 14.0. The Morgan fingerprint density at radius 3 is 2.50 bits per heavy atom. The summed E-state index contributed by atoms with van der Waals surface area (Å²) in [4.78, 5) is 27.3. The number of methoxy groups -OCH3 is 2.